The SMILES string of the molecule is CCCC(CCC)Oc1cccc2nc(C)cc(N)c12.O=C=O. The van der Waals surface area contributed by atoms with E-state index in [0.717, 1.165) is 53.7 Å². The maximum absolute atomic E-state index is 8.12. The normalized spacial score (nSPS) is 10.1. The Kier molecular flexibility index (Phi) is 7.78. The number of carbonyl (C=O) groups excluding carboxylic acids is 2. The summed E-state index contributed by atoms with van der Waals surface area (Å²) in [6.07, 6.45) is 4.91. The first-order chi connectivity index (χ1) is 11.1. The van der Waals surface area contributed by atoms with Gasteiger partial charge < -0.3 is 10.5 Å². The van der Waals surface area contributed by atoms with E-state index < -0.39 is 0 Å². The van der Waals surface area contributed by atoms with Gasteiger partial charge in [-0.1, -0.05) is 32.8 Å². The smallest absolute Gasteiger partial charge is 0.373 e. The van der Waals surface area contributed by atoms with Crippen molar-refractivity contribution in [2.45, 2.75) is 52.6 Å². The number of ether oxygens (including phenoxy) is 1. The fourth-order valence-corrected chi connectivity index (χ4v) is 2.61. The van der Waals surface area contributed by atoms with Crippen LogP contribution in [0.5, 0.6) is 5.75 Å². The summed E-state index contributed by atoms with van der Waals surface area (Å²) in [5.74, 6) is 0.861. The molecule has 1 heterocycles. The van der Waals surface area contributed by atoms with E-state index in [0.29, 0.717) is 0 Å². The number of benzene rings is 1. The molecule has 0 atom stereocenters. The minimum Gasteiger partial charge on any atom is -0.490 e. The molecule has 1 aromatic heterocycles. The van der Waals surface area contributed by atoms with Crippen molar-refractivity contribution >= 4 is 22.7 Å². The van der Waals surface area contributed by atoms with Crippen molar-refractivity contribution < 1.29 is 14.3 Å². The highest BCUT2D eigenvalue weighted by Gasteiger charge is 2.13. The second kappa shape index (κ2) is 9.59. The number of nitrogens with zero attached hydrogens (tertiary/aromatic N) is 1. The van der Waals surface area contributed by atoms with Crippen LogP contribution in [0, 0.1) is 6.92 Å². The molecule has 0 spiro atoms. The van der Waals surface area contributed by atoms with E-state index in [1.807, 2.05) is 31.2 Å². The van der Waals surface area contributed by atoms with Crippen molar-refractivity contribution in [1.29, 1.82) is 0 Å². The fourth-order valence-electron chi connectivity index (χ4n) is 2.61. The van der Waals surface area contributed by atoms with E-state index in [4.69, 9.17) is 20.1 Å². The highest BCUT2D eigenvalue weighted by molar-refractivity contribution is 5.95. The Morgan fingerprint density at radius 3 is 2.39 bits per heavy atom. The molecule has 0 aliphatic rings. The molecule has 0 saturated heterocycles. The number of hydrogen-bond acceptors (Lipinski definition) is 5. The molecule has 0 aliphatic heterocycles. The average Bonchev–Trinajstić information content (AvgIpc) is 2.48. The minimum absolute atomic E-state index is 0.250. The van der Waals surface area contributed by atoms with Gasteiger partial charge >= 0.3 is 6.15 Å². The Bertz CT molecular complexity index is 659. The highest BCUT2D eigenvalue weighted by atomic mass is 16.5. The van der Waals surface area contributed by atoms with Gasteiger partial charge in [0.1, 0.15) is 5.75 Å². The second-order valence-corrected chi connectivity index (χ2v) is 5.40. The molecule has 23 heavy (non-hydrogen) atoms. The Morgan fingerprint density at radius 2 is 1.83 bits per heavy atom. The number of nitrogen functional groups attached to an aromatic ring is 1. The number of anilines is 1. The third-order valence-electron chi connectivity index (χ3n) is 3.47. The maximum atomic E-state index is 8.12. The molecule has 0 unspecified atom stereocenters. The zero-order valence-corrected chi connectivity index (χ0v) is 14.0. The minimum atomic E-state index is 0.250. The van der Waals surface area contributed by atoms with E-state index in [9.17, 15) is 0 Å². The number of hydrogen-bond donors (Lipinski definition) is 1. The molecule has 1 aromatic carbocycles. The number of nitrogens with two attached hydrogens (primary N) is 1. The molecular weight excluding hydrogens is 292 g/mol. The van der Waals surface area contributed by atoms with Crippen molar-refractivity contribution in [3.63, 3.8) is 0 Å². The second-order valence-electron chi connectivity index (χ2n) is 5.40. The third-order valence-corrected chi connectivity index (χ3v) is 3.47. The molecule has 2 rings (SSSR count). The number of aromatic nitrogens is 1. The largest absolute Gasteiger partial charge is 0.490 e. The Hall–Kier alpha value is -2.39. The summed E-state index contributed by atoms with van der Waals surface area (Å²) in [5, 5.41) is 0.940. The van der Waals surface area contributed by atoms with E-state index in [1.165, 1.54) is 0 Å². The fraction of sp³-hybridized carbons (Fsp3) is 0.444. The van der Waals surface area contributed by atoms with E-state index in [-0.39, 0.29) is 12.3 Å². The van der Waals surface area contributed by atoms with Crippen LogP contribution in [-0.2, 0) is 9.59 Å². The number of pyridine rings is 1. The van der Waals surface area contributed by atoms with Crippen LogP contribution in [0.25, 0.3) is 10.9 Å². The van der Waals surface area contributed by atoms with Crippen molar-refractivity contribution in [2.24, 2.45) is 0 Å². The van der Waals surface area contributed by atoms with Gasteiger partial charge in [0.2, 0.25) is 0 Å². The molecule has 0 aliphatic carbocycles. The van der Waals surface area contributed by atoms with Crippen LogP contribution in [-0.4, -0.2) is 17.2 Å². The topological polar surface area (TPSA) is 82.3 Å². The van der Waals surface area contributed by atoms with Gasteiger partial charge in [0, 0.05) is 11.4 Å². The summed E-state index contributed by atoms with van der Waals surface area (Å²) >= 11 is 0. The van der Waals surface area contributed by atoms with E-state index in [1.54, 1.807) is 0 Å². The summed E-state index contributed by atoms with van der Waals surface area (Å²) in [6, 6.07) is 7.87. The monoisotopic (exact) mass is 316 g/mol. The van der Waals surface area contributed by atoms with Gasteiger partial charge in [-0.2, -0.15) is 9.59 Å². The summed E-state index contributed by atoms with van der Waals surface area (Å²) in [7, 11) is 0. The molecule has 2 N–H and O–H groups in total. The number of aryl methyl sites for hydroxylation is 1. The van der Waals surface area contributed by atoms with Crippen LogP contribution in [0.15, 0.2) is 24.3 Å². The van der Waals surface area contributed by atoms with Gasteiger partial charge in [-0.25, -0.2) is 0 Å². The van der Waals surface area contributed by atoms with Crippen molar-refractivity contribution in [1.82, 2.24) is 4.98 Å². The molecule has 2 aromatic rings. The zero-order valence-electron chi connectivity index (χ0n) is 14.0. The molecule has 5 nitrogen and oxygen atoms in total. The molecule has 0 radical (unpaired) electrons. The third kappa shape index (κ3) is 5.38. The van der Waals surface area contributed by atoms with Gasteiger partial charge in [-0.15, -0.1) is 0 Å². The summed E-state index contributed by atoms with van der Waals surface area (Å²) in [6.45, 7) is 6.34. The van der Waals surface area contributed by atoms with Gasteiger partial charge in [0.15, 0.2) is 0 Å². The first-order valence-corrected chi connectivity index (χ1v) is 7.89. The van der Waals surface area contributed by atoms with Crippen LogP contribution >= 0.6 is 0 Å². The molecule has 0 saturated carbocycles. The summed E-state index contributed by atoms with van der Waals surface area (Å²) < 4.78 is 6.21. The molecule has 5 heteroatoms. The van der Waals surface area contributed by atoms with Crippen LogP contribution in [0.4, 0.5) is 5.69 Å². The molecular formula is C18H24N2O3. The lowest BCUT2D eigenvalue weighted by Gasteiger charge is -2.19. The van der Waals surface area contributed by atoms with Crippen molar-refractivity contribution in [3.05, 3.63) is 30.0 Å². The van der Waals surface area contributed by atoms with Crippen LogP contribution in [0.3, 0.4) is 0 Å². The van der Waals surface area contributed by atoms with E-state index >= 15 is 0 Å². The van der Waals surface area contributed by atoms with E-state index in [2.05, 4.69) is 18.8 Å². The quantitative estimate of drug-likeness (QED) is 0.874. The van der Waals surface area contributed by atoms with Gasteiger partial charge in [0.25, 0.3) is 0 Å². The van der Waals surface area contributed by atoms with Crippen LogP contribution in [0.1, 0.15) is 45.2 Å². The molecule has 0 amide bonds. The predicted molar refractivity (Wildman–Crippen MR) is 90.1 cm³/mol. The van der Waals surface area contributed by atoms with Crippen LogP contribution < -0.4 is 10.5 Å². The van der Waals surface area contributed by atoms with Crippen LogP contribution in [0.2, 0.25) is 0 Å². The predicted octanol–water partition coefficient (Wildman–Crippen LogP) is 3.89. The Morgan fingerprint density at radius 1 is 1.22 bits per heavy atom. The number of rotatable bonds is 6. The molecule has 124 valence electrons. The standard InChI is InChI=1S/C17H24N2O.CO2/c1-4-7-13(8-5-2)20-16-10-6-9-15-17(16)14(18)11-12(3)19-15;2-1-3/h6,9-11,13H,4-5,7-8H2,1-3H3,(H2,18,19);. The lowest BCUT2D eigenvalue weighted by atomic mass is 10.1. The first kappa shape index (κ1) is 18.7. The molecule has 0 fully saturated rings. The summed E-state index contributed by atoms with van der Waals surface area (Å²) in [4.78, 5) is 20.8. The summed E-state index contributed by atoms with van der Waals surface area (Å²) in [5.41, 5.74) is 8.75. The van der Waals surface area contributed by atoms with Gasteiger partial charge in [-0.3, -0.25) is 4.98 Å². The molecule has 0 bridgehead atoms. The van der Waals surface area contributed by atoms with Gasteiger partial charge in [-0.05, 0) is 38.0 Å². The zero-order chi connectivity index (χ0) is 17.2. The Balaban J connectivity index is 0.000000816. The first-order valence-electron chi connectivity index (χ1n) is 7.89. The van der Waals surface area contributed by atoms with Crippen molar-refractivity contribution in [3.8, 4) is 5.75 Å². The van der Waals surface area contributed by atoms with Gasteiger partial charge in [0.05, 0.1) is 17.0 Å². The Labute approximate surface area is 136 Å². The number of fused-ring (bicyclic) bond motifs is 1. The highest BCUT2D eigenvalue weighted by Crippen LogP contribution is 2.31. The lowest BCUT2D eigenvalue weighted by molar-refractivity contribution is -0.191. The average molecular weight is 316 g/mol. The lowest BCUT2D eigenvalue weighted by Crippen LogP contribution is -2.16. The maximum Gasteiger partial charge on any atom is 0.373 e. The van der Waals surface area contributed by atoms with Crippen molar-refractivity contribution in [2.75, 3.05) is 5.73 Å².